The molecule has 2 saturated heterocycles. The Morgan fingerprint density at radius 1 is 0.619 bits per heavy atom. The maximum atomic E-state index is 10.5. The second kappa shape index (κ2) is 24.0. The fourth-order valence-corrected chi connectivity index (χ4v) is 1.44. The quantitative estimate of drug-likeness (QED) is 0.581. The smallest absolute Gasteiger partial charge is 0.305 e. The van der Waals surface area contributed by atoms with E-state index in [0.29, 0.717) is 26.1 Å². The van der Waals surface area contributed by atoms with Crippen molar-refractivity contribution >= 4 is 11.9 Å². The van der Waals surface area contributed by atoms with Gasteiger partial charge in [0.25, 0.3) is 0 Å². The zero-order valence-corrected chi connectivity index (χ0v) is 13.0. The number of esters is 2. The molecule has 0 aromatic heterocycles. The second-order valence-corrected chi connectivity index (χ2v) is 3.71. The number of carbonyl (C=O) groups excluding carboxylic acids is 2. The molecule has 0 bridgehead atoms. The Kier molecular flexibility index (Phi) is 32.2. The van der Waals surface area contributed by atoms with Crippen LogP contribution in [0.4, 0.5) is 0 Å². The Bertz CT molecular complexity index is 197. The average molecular weight is 306 g/mol. The van der Waals surface area contributed by atoms with Crippen LogP contribution in [0.15, 0.2) is 0 Å². The highest BCUT2D eigenvalue weighted by atomic mass is 16.5. The van der Waals surface area contributed by atoms with Crippen LogP contribution in [0.1, 0.15) is 87.5 Å². The van der Waals surface area contributed by atoms with E-state index in [1.165, 1.54) is 0 Å². The van der Waals surface area contributed by atoms with Crippen LogP contribution in [0.5, 0.6) is 0 Å². The molecule has 0 aromatic carbocycles. The highest BCUT2D eigenvalue weighted by molar-refractivity contribution is 5.69. The number of cyclic esters (lactones) is 2. The summed E-state index contributed by atoms with van der Waals surface area (Å²) in [6.07, 6.45) is 6.51. The molecule has 4 heteroatoms. The van der Waals surface area contributed by atoms with Crippen molar-refractivity contribution in [3.63, 3.8) is 0 Å². The molecule has 2 heterocycles. The summed E-state index contributed by atoms with van der Waals surface area (Å²) in [5, 5.41) is 0. The van der Waals surface area contributed by atoms with Crippen LogP contribution in [0.25, 0.3) is 0 Å². The lowest BCUT2D eigenvalue weighted by Gasteiger charge is -2.08. The minimum absolute atomic E-state index is 0. The van der Waals surface area contributed by atoms with Crippen molar-refractivity contribution in [2.24, 2.45) is 0 Å². The summed E-state index contributed by atoms with van der Waals surface area (Å²) in [5.41, 5.74) is 0. The monoisotopic (exact) mass is 306 g/mol. The van der Waals surface area contributed by atoms with Gasteiger partial charge in [0, 0.05) is 12.8 Å². The molecular formula is C17H38O4. The maximum Gasteiger partial charge on any atom is 0.305 e. The molecule has 4 nitrogen and oxygen atoms in total. The van der Waals surface area contributed by atoms with Crippen LogP contribution in [0.3, 0.4) is 0 Å². The van der Waals surface area contributed by atoms with E-state index in [1.54, 1.807) is 0 Å². The van der Waals surface area contributed by atoms with Crippen LogP contribution >= 0.6 is 0 Å². The first-order valence-corrected chi connectivity index (χ1v) is 7.60. The molecule has 2 fully saturated rings. The van der Waals surface area contributed by atoms with Gasteiger partial charge in [0.15, 0.2) is 0 Å². The maximum absolute atomic E-state index is 10.5. The van der Waals surface area contributed by atoms with Gasteiger partial charge in [-0.25, -0.2) is 0 Å². The normalized spacial score (nSPS) is 16.0. The molecule has 0 aliphatic carbocycles. The summed E-state index contributed by atoms with van der Waals surface area (Å²) in [6.45, 7) is 9.28. The molecule has 130 valence electrons. The lowest BCUT2D eigenvalue weighted by Crippen LogP contribution is -2.10. The first-order valence-electron chi connectivity index (χ1n) is 7.60. The Balaban J connectivity index is -0.000000104. The number of hydrogen-bond donors (Lipinski definition) is 0. The molecule has 0 atom stereocenters. The molecule has 0 amide bonds. The van der Waals surface area contributed by atoms with E-state index in [-0.39, 0.29) is 26.8 Å². The van der Waals surface area contributed by atoms with Gasteiger partial charge in [-0.15, -0.1) is 0 Å². The Morgan fingerprint density at radius 3 is 1.33 bits per heavy atom. The second-order valence-electron chi connectivity index (χ2n) is 3.71. The average Bonchev–Trinajstić information content (AvgIpc) is 2.72. The fraction of sp³-hybridized carbons (Fsp3) is 0.882. The molecule has 0 aromatic rings. The predicted octanol–water partition coefficient (Wildman–Crippen LogP) is 5.14. The molecule has 2 aliphatic heterocycles. The third-order valence-electron chi connectivity index (χ3n) is 2.33. The minimum Gasteiger partial charge on any atom is -0.466 e. The topological polar surface area (TPSA) is 52.6 Å². The molecule has 0 saturated carbocycles. The van der Waals surface area contributed by atoms with Gasteiger partial charge >= 0.3 is 11.9 Å². The number of rotatable bonds is 0. The lowest BCUT2D eigenvalue weighted by atomic mass is 10.2. The Labute approximate surface area is 132 Å². The van der Waals surface area contributed by atoms with E-state index in [9.17, 15) is 9.59 Å². The Hall–Kier alpha value is -1.06. The Morgan fingerprint density at radius 2 is 0.952 bits per heavy atom. The molecule has 0 unspecified atom stereocenters. The summed E-state index contributed by atoms with van der Waals surface area (Å²) in [5.74, 6) is -0.0613. The zero-order valence-electron chi connectivity index (χ0n) is 13.0. The van der Waals surface area contributed by atoms with E-state index >= 15 is 0 Å². The van der Waals surface area contributed by atoms with Gasteiger partial charge in [-0.1, -0.05) is 42.5 Å². The van der Waals surface area contributed by atoms with Crippen molar-refractivity contribution < 1.29 is 19.1 Å². The van der Waals surface area contributed by atoms with Crippen molar-refractivity contribution in [1.29, 1.82) is 0 Å². The molecule has 2 rings (SSSR count). The van der Waals surface area contributed by atoms with Crippen LogP contribution in [0.2, 0.25) is 0 Å². The van der Waals surface area contributed by atoms with Crippen LogP contribution in [-0.2, 0) is 19.1 Å². The third kappa shape index (κ3) is 21.4. The van der Waals surface area contributed by atoms with Gasteiger partial charge < -0.3 is 9.47 Å². The molecular weight excluding hydrogens is 268 g/mol. The van der Waals surface area contributed by atoms with E-state index in [4.69, 9.17) is 4.74 Å². The van der Waals surface area contributed by atoms with Crippen LogP contribution in [-0.4, -0.2) is 25.2 Å². The largest absolute Gasteiger partial charge is 0.466 e. The number of hydrogen-bond acceptors (Lipinski definition) is 4. The zero-order chi connectivity index (χ0) is 14.9. The minimum atomic E-state index is -0.0359. The van der Waals surface area contributed by atoms with Crippen molar-refractivity contribution in [2.45, 2.75) is 87.5 Å². The van der Waals surface area contributed by atoms with E-state index in [0.717, 1.165) is 32.1 Å². The molecule has 0 radical (unpaired) electrons. The van der Waals surface area contributed by atoms with E-state index in [1.807, 2.05) is 27.7 Å². The van der Waals surface area contributed by atoms with Gasteiger partial charge in [0.1, 0.15) is 0 Å². The van der Waals surface area contributed by atoms with E-state index < -0.39 is 0 Å². The van der Waals surface area contributed by atoms with Gasteiger partial charge in [-0.2, -0.15) is 0 Å². The van der Waals surface area contributed by atoms with Gasteiger partial charge in [0.05, 0.1) is 13.2 Å². The summed E-state index contributed by atoms with van der Waals surface area (Å²) < 4.78 is 9.40. The standard InChI is InChI=1S/C6H10O2.C5H8O2.2C2H6.2CH4/c7-6-4-2-1-3-5-8-6;6-5-3-1-2-4-7-5;2*1-2;;/h1-5H2;1-4H2;2*1-2H3;2*1H4. The number of ether oxygens (including phenoxy) is 2. The van der Waals surface area contributed by atoms with Crippen LogP contribution in [0, 0.1) is 0 Å². The summed E-state index contributed by atoms with van der Waals surface area (Å²) >= 11 is 0. The summed E-state index contributed by atoms with van der Waals surface area (Å²) in [6, 6.07) is 0. The third-order valence-corrected chi connectivity index (χ3v) is 2.33. The molecule has 0 spiro atoms. The van der Waals surface area contributed by atoms with Gasteiger partial charge in [-0.05, 0) is 32.1 Å². The van der Waals surface area contributed by atoms with Crippen molar-refractivity contribution in [1.82, 2.24) is 0 Å². The molecule has 2 aliphatic rings. The SMILES string of the molecule is C.C.CC.CC.O=C1CCCCCO1.O=C1CCCCO1. The number of carbonyl (C=O) groups is 2. The van der Waals surface area contributed by atoms with Crippen molar-refractivity contribution in [3.8, 4) is 0 Å². The fourth-order valence-electron chi connectivity index (χ4n) is 1.44. The highest BCUT2D eigenvalue weighted by Gasteiger charge is 2.06. The van der Waals surface area contributed by atoms with E-state index in [2.05, 4.69) is 4.74 Å². The molecule has 0 N–H and O–H groups in total. The van der Waals surface area contributed by atoms with Gasteiger partial charge in [-0.3, -0.25) is 9.59 Å². The highest BCUT2D eigenvalue weighted by Crippen LogP contribution is 2.06. The first kappa shape index (κ1) is 28.2. The summed E-state index contributed by atoms with van der Waals surface area (Å²) in [4.78, 5) is 20.7. The first-order chi connectivity index (χ1) is 9.29. The van der Waals surface area contributed by atoms with Gasteiger partial charge in [0.2, 0.25) is 0 Å². The van der Waals surface area contributed by atoms with Crippen molar-refractivity contribution in [3.05, 3.63) is 0 Å². The molecule has 21 heavy (non-hydrogen) atoms. The van der Waals surface area contributed by atoms with Crippen molar-refractivity contribution in [2.75, 3.05) is 13.2 Å². The summed E-state index contributed by atoms with van der Waals surface area (Å²) in [7, 11) is 0. The predicted molar refractivity (Wildman–Crippen MR) is 90.4 cm³/mol. The lowest BCUT2D eigenvalue weighted by molar-refractivity contribution is -0.146. The van der Waals surface area contributed by atoms with Crippen LogP contribution < -0.4 is 0 Å².